The second-order valence-corrected chi connectivity index (χ2v) is 10.2. The maximum absolute atomic E-state index is 12.8. The minimum atomic E-state index is -4.38. The number of hydrogen-bond acceptors (Lipinski definition) is 7. The van der Waals surface area contributed by atoms with Crippen molar-refractivity contribution in [2.45, 2.75) is 33.0 Å². The third kappa shape index (κ3) is 9.37. The van der Waals surface area contributed by atoms with Crippen LogP contribution in [0.4, 0.5) is 18.9 Å². The van der Waals surface area contributed by atoms with Gasteiger partial charge in [0.05, 0.1) is 46.6 Å². The number of rotatable bonds is 8. The van der Waals surface area contributed by atoms with Gasteiger partial charge < -0.3 is 5.32 Å². The molecule has 40 heavy (non-hydrogen) atoms. The molecule has 1 heterocycles. The lowest BCUT2D eigenvalue weighted by molar-refractivity contribution is -0.139. The van der Waals surface area contributed by atoms with Crippen molar-refractivity contribution in [3.05, 3.63) is 83.8 Å². The fourth-order valence-electron chi connectivity index (χ4n) is 3.44. The SMILES string of the molecule is C/C(=C\Nc1cccc(C(F)(F)F)c1)c1ccnn1-c1ccc(C#N)cc1.CC(=O)N(C=O)C(C)CS(N)(=O)=O. The maximum atomic E-state index is 12.8. The first-order valence-corrected chi connectivity index (χ1v) is 13.3. The molecule has 0 spiro atoms. The number of alkyl halides is 3. The Balaban J connectivity index is 0.000000366. The summed E-state index contributed by atoms with van der Waals surface area (Å²) in [7, 11) is -3.66. The van der Waals surface area contributed by atoms with E-state index < -0.39 is 39.5 Å². The van der Waals surface area contributed by atoms with Crippen LogP contribution in [0.3, 0.4) is 0 Å². The van der Waals surface area contributed by atoms with Crippen molar-refractivity contribution >= 4 is 33.6 Å². The summed E-state index contributed by atoms with van der Waals surface area (Å²) in [6.07, 6.45) is -0.829. The molecule has 212 valence electrons. The smallest absolute Gasteiger partial charge is 0.361 e. The van der Waals surface area contributed by atoms with Crippen LogP contribution in [0.5, 0.6) is 0 Å². The number of nitriles is 1. The van der Waals surface area contributed by atoms with Crippen LogP contribution in [0.1, 0.15) is 37.6 Å². The molecule has 0 aliphatic heterocycles. The summed E-state index contributed by atoms with van der Waals surface area (Å²) in [6, 6.07) is 15.1. The highest BCUT2D eigenvalue weighted by Crippen LogP contribution is 2.30. The van der Waals surface area contributed by atoms with E-state index in [9.17, 15) is 31.2 Å². The molecule has 0 saturated carbocycles. The Morgan fingerprint density at radius 3 is 2.38 bits per heavy atom. The number of sulfonamides is 1. The van der Waals surface area contributed by atoms with E-state index in [1.165, 1.54) is 19.9 Å². The number of anilines is 1. The average Bonchev–Trinajstić information content (AvgIpc) is 3.37. The van der Waals surface area contributed by atoms with E-state index in [1.807, 2.05) is 6.92 Å². The van der Waals surface area contributed by atoms with Crippen molar-refractivity contribution in [3.8, 4) is 11.8 Å². The van der Waals surface area contributed by atoms with E-state index in [2.05, 4.69) is 16.5 Å². The van der Waals surface area contributed by atoms with E-state index in [0.717, 1.165) is 34.0 Å². The summed E-state index contributed by atoms with van der Waals surface area (Å²) in [6.45, 7) is 4.44. The number of aromatic nitrogens is 2. The highest BCUT2D eigenvalue weighted by molar-refractivity contribution is 7.89. The van der Waals surface area contributed by atoms with Gasteiger partial charge in [-0.3, -0.25) is 14.5 Å². The van der Waals surface area contributed by atoms with Gasteiger partial charge in [0, 0.05) is 18.8 Å². The Morgan fingerprint density at radius 1 is 1.20 bits per heavy atom. The van der Waals surface area contributed by atoms with E-state index in [-0.39, 0.29) is 6.41 Å². The number of amides is 2. The number of primary sulfonamides is 1. The number of allylic oxidation sites excluding steroid dienone is 1. The van der Waals surface area contributed by atoms with Crippen molar-refractivity contribution < 1.29 is 31.2 Å². The third-order valence-corrected chi connectivity index (χ3v) is 6.31. The molecular weight excluding hydrogens is 549 g/mol. The highest BCUT2D eigenvalue weighted by atomic mass is 32.2. The van der Waals surface area contributed by atoms with Gasteiger partial charge in [-0.1, -0.05) is 6.07 Å². The lowest BCUT2D eigenvalue weighted by atomic mass is 10.2. The number of carbonyl (C=O) groups is 2. The van der Waals surface area contributed by atoms with Gasteiger partial charge in [-0.25, -0.2) is 18.2 Å². The molecule has 0 fully saturated rings. The average molecular weight is 577 g/mol. The highest BCUT2D eigenvalue weighted by Gasteiger charge is 2.30. The van der Waals surface area contributed by atoms with Crippen molar-refractivity contribution in [2.24, 2.45) is 5.14 Å². The number of hydrogen-bond donors (Lipinski definition) is 2. The number of halogens is 3. The zero-order chi connectivity index (χ0) is 30.1. The molecule has 0 bridgehead atoms. The standard InChI is InChI=1S/C20H15F3N4.C6H12N2O4S/c1-14(13-25-17-4-2-3-16(11-17)20(21,22)23)19-9-10-26-27(19)18-7-5-15(12-24)6-8-18;1-5(3-13(7,11)12)8(4-9)6(2)10/h2-11,13,25H,1H3;4-5H,3H2,1-2H3,(H2,7,11,12)/b14-13+;. The summed E-state index contributed by atoms with van der Waals surface area (Å²) in [5.74, 6) is -0.933. The fourth-order valence-corrected chi connectivity index (χ4v) is 4.27. The van der Waals surface area contributed by atoms with Crippen LogP contribution in [-0.2, 0) is 25.8 Å². The van der Waals surface area contributed by atoms with Crippen LogP contribution in [0.15, 0.2) is 67.0 Å². The monoisotopic (exact) mass is 576 g/mol. The molecule has 3 N–H and O–H groups in total. The zero-order valence-corrected chi connectivity index (χ0v) is 22.6. The van der Waals surface area contributed by atoms with Gasteiger partial charge in [0.15, 0.2) is 0 Å². The molecule has 0 saturated heterocycles. The van der Waals surface area contributed by atoms with Crippen LogP contribution in [0, 0.1) is 11.3 Å². The molecule has 14 heteroatoms. The van der Waals surface area contributed by atoms with Crippen molar-refractivity contribution in [2.75, 3.05) is 11.1 Å². The number of nitrogens with one attached hydrogen (secondary N) is 1. The van der Waals surface area contributed by atoms with E-state index in [1.54, 1.807) is 53.5 Å². The fraction of sp³-hybridized carbons (Fsp3) is 0.231. The molecule has 2 amide bonds. The Bertz CT molecular complexity index is 1510. The Kier molecular flexibility index (Phi) is 10.7. The summed E-state index contributed by atoms with van der Waals surface area (Å²) in [5, 5.41) is 20.8. The van der Waals surface area contributed by atoms with Gasteiger partial charge in [-0.2, -0.15) is 23.5 Å². The summed E-state index contributed by atoms with van der Waals surface area (Å²) < 4.78 is 61.3. The Morgan fingerprint density at radius 2 is 1.85 bits per heavy atom. The molecule has 3 rings (SSSR count). The molecular formula is C26H27F3N6O4S. The Labute approximate surface area is 229 Å². The Hall–Kier alpha value is -4.48. The number of nitrogens with zero attached hydrogens (tertiary/aromatic N) is 4. The van der Waals surface area contributed by atoms with Crippen LogP contribution in [0.25, 0.3) is 11.3 Å². The summed E-state index contributed by atoms with van der Waals surface area (Å²) in [5.41, 5.74) is 2.52. The lowest BCUT2D eigenvalue weighted by Crippen LogP contribution is -2.41. The topological polar surface area (TPSA) is 151 Å². The number of benzene rings is 2. The summed E-state index contributed by atoms with van der Waals surface area (Å²) in [4.78, 5) is 21.9. The number of nitrogens with two attached hydrogens (primary N) is 1. The molecule has 0 radical (unpaired) electrons. The first-order chi connectivity index (χ1) is 18.7. The largest absolute Gasteiger partial charge is 0.416 e. The molecule has 1 aromatic heterocycles. The first-order valence-electron chi connectivity index (χ1n) is 11.6. The van der Waals surface area contributed by atoms with Gasteiger partial charge in [0.25, 0.3) is 0 Å². The van der Waals surface area contributed by atoms with E-state index >= 15 is 0 Å². The predicted octanol–water partition coefficient (Wildman–Crippen LogP) is 3.90. The predicted molar refractivity (Wildman–Crippen MR) is 143 cm³/mol. The second-order valence-electron chi connectivity index (χ2n) is 8.55. The van der Waals surface area contributed by atoms with Crippen LogP contribution in [-0.4, -0.2) is 47.2 Å². The van der Waals surface area contributed by atoms with Gasteiger partial charge >= 0.3 is 6.18 Å². The normalized spacial score (nSPS) is 12.4. The van der Waals surface area contributed by atoms with Crippen molar-refractivity contribution in [1.82, 2.24) is 14.7 Å². The molecule has 10 nitrogen and oxygen atoms in total. The van der Waals surface area contributed by atoms with Gasteiger partial charge in [0.1, 0.15) is 0 Å². The quantitative estimate of drug-likeness (QED) is 0.386. The van der Waals surface area contributed by atoms with Gasteiger partial charge in [0.2, 0.25) is 22.3 Å². The van der Waals surface area contributed by atoms with Gasteiger partial charge in [-0.15, -0.1) is 0 Å². The minimum absolute atomic E-state index is 0.290. The number of carbonyl (C=O) groups excluding carboxylic acids is 2. The van der Waals surface area contributed by atoms with E-state index in [0.29, 0.717) is 11.3 Å². The minimum Gasteiger partial charge on any atom is -0.361 e. The van der Waals surface area contributed by atoms with Gasteiger partial charge in [-0.05, 0) is 68.0 Å². The maximum Gasteiger partial charge on any atom is 0.416 e. The molecule has 0 aliphatic carbocycles. The molecule has 1 unspecified atom stereocenters. The lowest BCUT2D eigenvalue weighted by Gasteiger charge is -2.20. The van der Waals surface area contributed by atoms with E-state index in [4.69, 9.17) is 10.4 Å². The molecule has 2 aromatic carbocycles. The molecule has 0 aliphatic rings. The van der Waals surface area contributed by atoms with Crippen molar-refractivity contribution in [1.29, 1.82) is 5.26 Å². The summed E-state index contributed by atoms with van der Waals surface area (Å²) >= 11 is 0. The zero-order valence-electron chi connectivity index (χ0n) is 21.8. The van der Waals surface area contributed by atoms with Crippen molar-refractivity contribution in [3.63, 3.8) is 0 Å². The van der Waals surface area contributed by atoms with Crippen LogP contribution < -0.4 is 10.5 Å². The molecule has 1 atom stereocenters. The third-order valence-electron chi connectivity index (χ3n) is 5.36. The van der Waals surface area contributed by atoms with Crippen LogP contribution >= 0.6 is 0 Å². The second kappa shape index (κ2) is 13.5. The molecule has 3 aromatic rings. The first kappa shape index (κ1) is 31.7. The van der Waals surface area contributed by atoms with Crippen LogP contribution in [0.2, 0.25) is 0 Å². The number of imide groups is 1.